The van der Waals surface area contributed by atoms with Crippen LogP contribution >= 0.6 is 0 Å². The lowest BCUT2D eigenvalue weighted by Gasteiger charge is -2.28. The van der Waals surface area contributed by atoms with Gasteiger partial charge in [-0.3, -0.25) is 4.79 Å². The molecule has 25 heavy (non-hydrogen) atoms. The Morgan fingerprint density at radius 2 is 1.92 bits per heavy atom. The number of amides is 3. The number of urea groups is 1. The number of rotatable bonds is 3. The largest absolute Gasteiger partial charge is 0.323 e. The summed E-state index contributed by atoms with van der Waals surface area (Å²) in [7, 11) is 0. The summed E-state index contributed by atoms with van der Waals surface area (Å²) in [6, 6.07) is 10.8. The molecule has 1 aliphatic heterocycles. The standard InChI is InChI=1S/C19H20FN3O2/c1-13-9-10-14(12-17(13)23-11-5-4-8-18(23)24)21-19(25)22-16-7-3-2-6-15(16)20/h2-3,6-7,9-10,12H,4-5,8,11H2,1H3,(H2,21,22,25). The molecule has 0 atom stereocenters. The van der Waals surface area contributed by atoms with Crippen LogP contribution in [0.2, 0.25) is 0 Å². The van der Waals surface area contributed by atoms with Gasteiger partial charge in [0.2, 0.25) is 5.91 Å². The second kappa shape index (κ2) is 7.34. The van der Waals surface area contributed by atoms with Gasteiger partial charge in [-0.1, -0.05) is 18.2 Å². The monoisotopic (exact) mass is 341 g/mol. The van der Waals surface area contributed by atoms with Crippen molar-refractivity contribution in [1.82, 2.24) is 0 Å². The van der Waals surface area contributed by atoms with Crippen molar-refractivity contribution in [2.24, 2.45) is 0 Å². The Morgan fingerprint density at radius 1 is 1.12 bits per heavy atom. The summed E-state index contributed by atoms with van der Waals surface area (Å²) < 4.78 is 13.6. The number of halogens is 1. The SMILES string of the molecule is Cc1ccc(NC(=O)Nc2ccccc2F)cc1N1CCCCC1=O. The van der Waals surface area contributed by atoms with E-state index in [1.54, 1.807) is 29.2 Å². The number of carbonyl (C=O) groups excluding carboxylic acids is 2. The quantitative estimate of drug-likeness (QED) is 0.874. The minimum Gasteiger partial charge on any atom is -0.312 e. The minimum atomic E-state index is -0.537. The number of carbonyl (C=O) groups is 2. The van der Waals surface area contributed by atoms with E-state index in [0.717, 1.165) is 24.1 Å². The fourth-order valence-electron chi connectivity index (χ4n) is 2.89. The van der Waals surface area contributed by atoms with Gasteiger partial charge in [0.05, 0.1) is 5.69 Å². The van der Waals surface area contributed by atoms with Crippen LogP contribution in [0.4, 0.5) is 26.2 Å². The van der Waals surface area contributed by atoms with E-state index in [1.807, 2.05) is 13.0 Å². The molecule has 0 aliphatic carbocycles. The topological polar surface area (TPSA) is 61.4 Å². The highest BCUT2D eigenvalue weighted by molar-refractivity contribution is 6.01. The van der Waals surface area contributed by atoms with E-state index in [1.165, 1.54) is 12.1 Å². The average molecular weight is 341 g/mol. The Balaban J connectivity index is 1.74. The van der Waals surface area contributed by atoms with Crippen molar-refractivity contribution in [3.63, 3.8) is 0 Å². The molecule has 2 aromatic rings. The maximum absolute atomic E-state index is 13.6. The van der Waals surface area contributed by atoms with Crippen molar-refractivity contribution in [1.29, 1.82) is 0 Å². The van der Waals surface area contributed by atoms with Gasteiger partial charge in [0.1, 0.15) is 5.82 Å². The highest BCUT2D eigenvalue weighted by Crippen LogP contribution is 2.28. The molecule has 1 heterocycles. The number of piperidine rings is 1. The molecule has 0 aromatic heterocycles. The molecule has 2 N–H and O–H groups in total. The molecule has 1 aliphatic rings. The number of aryl methyl sites for hydroxylation is 1. The first-order chi connectivity index (χ1) is 12.0. The molecule has 0 unspecified atom stereocenters. The zero-order valence-electron chi connectivity index (χ0n) is 14.0. The van der Waals surface area contributed by atoms with Crippen molar-refractivity contribution in [3.05, 3.63) is 53.8 Å². The van der Waals surface area contributed by atoms with Gasteiger partial charge in [-0.25, -0.2) is 9.18 Å². The van der Waals surface area contributed by atoms with E-state index < -0.39 is 11.8 Å². The van der Waals surface area contributed by atoms with E-state index >= 15 is 0 Å². The normalized spacial score (nSPS) is 14.3. The number of hydrogen-bond donors (Lipinski definition) is 2. The Labute approximate surface area is 145 Å². The van der Waals surface area contributed by atoms with Gasteiger partial charge in [0.25, 0.3) is 0 Å². The third-order valence-electron chi connectivity index (χ3n) is 4.20. The van der Waals surface area contributed by atoms with E-state index in [4.69, 9.17) is 0 Å². The number of hydrogen-bond acceptors (Lipinski definition) is 2. The van der Waals surface area contributed by atoms with Crippen molar-refractivity contribution in [2.75, 3.05) is 22.1 Å². The molecule has 0 bridgehead atoms. The molecule has 130 valence electrons. The molecule has 1 saturated heterocycles. The summed E-state index contributed by atoms with van der Waals surface area (Å²) >= 11 is 0. The maximum atomic E-state index is 13.6. The predicted octanol–water partition coefficient (Wildman–Crippen LogP) is 4.30. The average Bonchev–Trinajstić information content (AvgIpc) is 2.59. The number of anilines is 3. The van der Waals surface area contributed by atoms with Gasteiger partial charge < -0.3 is 15.5 Å². The molecule has 3 amide bonds. The first kappa shape index (κ1) is 17.0. The van der Waals surface area contributed by atoms with E-state index in [0.29, 0.717) is 18.7 Å². The Morgan fingerprint density at radius 3 is 2.68 bits per heavy atom. The number of nitrogens with one attached hydrogen (secondary N) is 2. The molecule has 0 radical (unpaired) electrons. The molecule has 3 rings (SSSR count). The molecule has 6 heteroatoms. The van der Waals surface area contributed by atoms with Crippen LogP contribution < -0.4 is 15.5 Å². The first-order valence-electron chi connectivity index (χ1n) is 8.28. The van der Waals surface area contributed by atoms with E-state index in [2.05, 4.69) is 10.6 Å². The number of nitrogens with zero attached hydrogens (tertiary/aromatic N) is 1. The number of para-hydroxylation sites is 1. The summed E-state index contributed by atoms with van der Waals surface area (Å²) in [6.07, 6.45) is 2.43. The summed E-state index contributed by atoms with van der Waals surface area (Å²) in [5.41, 5.74) is 2.43. The van der Waals surface area contributed by atoms with Gasteiger partial charge in [0, 0.05) is 24.3 Å². The Hall–Kier alpha value is -2.89. The van der Waals surface area contributed by atoms with Crippen LogP contribution in [-0.2, 0) is 4.79 Å². The van der Waals surface area contributed by atoms with Crippen molar-refractivity contribution >= 4 is 29.0 Å². The fourth-order valence-corrected chi connectivity index (χ4v) is 2.89. The van der Waals surface area contributed by atoms with Crippen molar-refractivity contribution < 1.29 is 14.0 Å². The van der Waals surface area contributed by atoms with E-state index in [-0.39, 0.29) is 11.6 Å². The zero-order valence-corrected chi connectivity index (χ0v) is 14.0. The highest BCUT2D eigenvalue weighted by atomic mass is 19.1. The van der Waals surface area contributed by atoms with E-state index in [9.17, 15) is 14.0 Å². The second-order valence-electron chi connectivity index (χ2n) is 6.06. The van der Waals surface area contributed by atoms with Gasteiger partial charge in [0.15, 0.2) is 0 Å². The van der Waals surface area contributed by atoms with Crippen LogP contribution in [0.15, 0.2) is 42.5 Å². The lowest BCUT2D eigenvalue weighted by atomic mass is 10.1. The van der Waals surface area contributed by atoms with Crippen LogP contribution in [0.3, 0.4) is 0 Å². The maximum Gasteiger partial charge on any atom is 0.323 e. The van der Waals surface area contributed by atoms with Gasteiger partial charge >= 0.3 is 6.03 Å². The fraction of sp³-hybridized carbons (Fsp3) is 0.263. The van der Waals surface area contributed by atoms with Crippen molar-refractivity contribution in [2.45, 2.75) is 26.2 Å². The molecule has 5 nitrogen and oxygen atoms in total. The van der Waals surface area contributed by atoms with Gasteiger partial charge in [-0.05, 0) is 49.6 Å². The van der Waals surface area contributed by atoms with Crippen LogP contribution in [0, 0.1) is 12.7 Å². The molecular weight excluding hydrogens is 321 g/mol. The lowest BCUT2D eigenvalue weighted by Crippen LogP contribution is -2.35. The van der Waals surface area contributed by atoms with Crippen LogP contribution in [-0.4, -0.2) is 18.5 Å². The van der Waals surface area contributed by atoms with Gasteiger partial charge in [-0.2, -0.15) is 0 Å². The Kier molecular flexibility index (Phi) is 4.97. The highest BCUT2D eigenvalue weighted by Gasteiger charge is 2.21. The lowest BCUT2D eigenvalue weighted by molar-refractivity contribution is -0.119. The van der Waals surface area contributed by atoms with Crippen LogP contribution in [0.25, 0.3) is 0 Å². The smallest absolute Gasteiger partial charge is 0.312 e. The molecule has 2 aromatic carbocycles. The third kappa shape index (κ3) is 3.96. The molecule has 1 fully saturated rings. The third-order valence-corrected chi connectivity index (χ3v) is 4.20. The van der Waals surface area contributed by atoms with Crippen molar-refractivity contribution in [3.8, 4) is 0 Å². The first-order valence-corrected chi connectivity index (χ1v) is 8.28. The minimum absolute atomic E-state index is 0.0994. The summed E-state index contributed by atoms with van der Waals surface area (Å²) in [5.74, 6) is -0.400. The predicted molar refractivity (Wildman–Crippen MR) is 96.4 cm³/mol. The van der Waals surface area contributed by atoms with Gasteiger partial charge in [-0.15, -0.1) is 0 Å². The zero-order chi connectivity index (χ0) is 17.8. The molecule has 0 spiro atoms. The number of benzene rings is 2. The Bertz CT molecular complexity index is 807. The molecule has 0 saturated carbocycles. The summed E-state index contributed by atoms with van der Waals surface area (Å²) in [5, 5.41) is 5.16. The summed E-state index contributed by atoms with van der Waals surface area (Å²) in [4.78, 5) is 26.0. The van der Waals surface area contributed by atoms with Crippen LogP contribution in [0.1, 0.15) is 24.8 Å². The summed E-state index contributed by atoms with van der Waals surface area (Å²) in [6.45, 7) is 2.62. The second-order valence-corrected chi connectivity index (χ2v) is 6.06. The van der Waals surface area contributed by atoms with Crippen LogP contribution in [0.5, 0.6) is 0 Å². The molecular formula is C19H20FN3O2.